The maximum atomic E-state index is 9.90. The van der Waals surface area contributed by atoms with Crippen LogP contribution in [0.25, 0.3) is 0 Å². The summed E-state index contributed by atoms with van der Waals surface area (Å²) < 4.78 is 10.3. The average Bonchev–Trinajstić information content (AvgIpc) is 2.69. The smallest absolute Gasteiger partial charge is 0.222 e. The van der Waals surface area contributed by atoms with Crippen molar-refractivity contribution in [1.82, 2.24) is 0 Å². The lowest BCUT2D eigenvalue weighted by Crippen LogP contribution is -2.57. The molecule has 0 unspecified atom stereocenters. The van der Waals surface area contributed by atoms with Gasteiger partial charge >= 0.3 is 0 Å². The van der Waals surface area contributed by atoms with Gasteiger partial charge in [0.15, 0.2) is 0 Å². The van der Waals surface area contributed by atoms with Gasteiger partial charge in [0.1, 0.15) is 36.6 Å². The van der Waals surface area contributed by atoms with Crippen LogP contribution in [0, 0.1) is 0 Å². The normalized spacial score (nSPS) is 38.7. The molecule has 1 aliphatic rings. The van der Waals surface area contributed by atoms with Crippen LogP contribution in [0.15, 0.2) is 0 Å². The van der Waals surface area contributed by atoms with E-state index in [2.05, 4.69) is 0 Å². The van der Waals surface area contributed by atoms with Crippen LogP contribution in [-0.2, 0) is 9.47 Å². The quantitative estimate of drug-likeness (QED) is 0.248. The van der Waals surface area contributed by atoms with Gasteiger partial charge in [-0.2, -0.15) is 0 Å². The van der Waals surface area contributed by atoms with Gasteiger partial charge in [0.25, 0.3) is 0 Å². The van der Waals surface area contributed by atoms with E-state index in [0.717, 1.165) is 0 Å². The summed E-state index contributed by atoms with van der Waals surface area (Å²) in [6, 6.07) is 0. The Morgan fingerprint density at radius 1 is 1.25 bits per heavy atom. The molecule has 6 atom stereocenters. The Kier molecular flexibility index (Phi) is 5.84. The molecule has 9 heteroatoms. The highest BCUT2D eigenvalue weighted by Gasteiger charge is 2.57. The Balaban J connectivity index is 2.95. The molecule has 1 fully saturated rings. The zero-order chi connectivity index (χ0) is 15.6. The molecular formula is C11H22O9. The summed E-state index contributed by atoms with van der Waals surface area (Å²) in [5, 5.41) is 66.1. The summed E-state index contributed by atoms with van der Waals surface area (Å²) in [6.45, 7) is -1.81. The molecule has 20 heavy (non-hydrogen) atoms. The second-order valence-electron chi connectivity index (χ2n) is 5.05. The van der Waals surface area contributed by atoms with Crippen molar-refractivity contribution in [2.24, 2.45) is 0 Å². The van der Waals surface area contributed by atoms with Crippen molar-refractivity contribution in [3.05, 3.63) is 0 Å². The predicted octanol–water partition coefficient (Wildman–Crippen LogP) is -4.09. The van der Waals surface area contributed by atoms with Crippen molar-refractivity contribution < 1.29 is 45.2 Å². The first-order chi connectivity index (χ1) is 9.27. The molecule has 0 amide bonds. The van der Waals surface area contributed by atoms with Crippen LogP contribution in [0.1, 0.15) is 6.92 Å². The van der Waals surface area contributed by atoms with Crippen LogP contribution < -0.4 is 0 Å². The molecule has 120 valence electrons. The maximum Gasteiger partial charge on any atom is 0.222 e. The van der Waals surface area contributed by atoms with Crippen molar-refractivity contribution in [3.8, 4) is 0 Å². The third-order valence-corrected chi connectivity index (χ3v) is 3.43. The van der Waals surface area contributed by atoms with Gasteiger partial charge < -0.3 is 45.2 Å². The standard InChI is InChI=1S/C11H22O9/c1-10(18,4-14)7(3-13)20-11(5-15)9(17)8(16)6(2-12)19-11/h6-9,12-18H,2-5H2,1H3/t6-,7-,8-,9-,10+,11+/m1/s1. The topological polar surface area (TPSA) is 160 Å². The van der Waals surface area contributed by atoms with Crippen LogP contribution in [-0.4, -0.2) is 98.0 Å². The molecule has 0 aromatic heterocycles. The number of hydrogen-bond acceptors (Lipinski definition) is 9. The summed E-state index contributed by atoms with van der Waals surface area (Å²) in [5.41, 5.74) is -1.86. The van der Waals surface area contributed by atoms with E-state index < -0.39 is 62.2 Å². The van der Waals surface area contributed by atoms with E-state index in [0.29, 0.717) is 0 Å². The zero-order valence-corrected chi connectivity index (χ0v) is 11.1. The highest BCUT2D eigenvalue weighted by atomic mass is 16.7. The van der Waals surface area contributed by atoms with Crippen molar-refractivity contribution in [3.63, 3.8) is 0 Å². The molecule has 0 saturated carbocycles. The van der Waals surface area contributed by atoms with Crippen molar-refractivity contribution in [2.75, 3.05) is 26.4 Å². The van der Waals surface area contributed by atoms with Crippen LogP contribution >= 0.6 is 0 Å². The third-order valence-electron chi connectivity index (χ3n) is 3.43. The molecular weight excluding hydrogens is 276 g/mol. The predicted molar refractivity (Wildman–Crippen MR) is 63.5 cm³/mol. The van der Waals surface area contributed by atoms with Crippen LogP contribution in [0.5, 0.6) is 0 Å². The van der Waals surface area contributed by atoms with E-state index in [-0.39, 0.29) is 0 Å². The Morgan fingerprint density at radius 2 is 1.85 bits per heavy atom. The second-order valence-corrected chi connectivity index (χ2v) is 5.05. The average molecular weight is 298 g/mol. The molecule has 1 saturated heterocycles. The van der Waals surface area contributed by atoms with E-state index >= 15 is 0 Å². The summed E-state index contributed by atoms with van der Waals surface area (Å²) in [5.74, 6) is -2.11. The van der Waals surface area contributed by atoms with Crippen molar-refractivity contribution in [2.45, 2.75) is 42.7 Å². The Bertz CT molecular complexity index is 310. The lowest BCUT2D eigenvalue weighted by atomic mass is 9.99. The zero-order valence-electron chi connectivity index (χ0n) is 11.1. The van der Waals surface area contributed by atoms with Crippen LogP contribution in [0.3, 0.4) is 0 Å². The summed E-state index contributed by atoms with van der Waals surface area (Å²) >= 11 is 0. The Hall–Kier alpha value is -0.360. The molecule has 1 heterocycles. The van der Waals surface area contributed by atoms with Gasteiger partial charge in [0.05, 0.1) is 19.8 Å². The number of ether oxygens (including phenoxy) is 2. The third kappa shape index (κ3) is 3.11. The van der Waals surface area contributed by atoms with Crippen LogP contribution in [0.4, 0.5) is 0 Å². The van der Waals surface area contributed by atoms with Crippen LogP contribution in [0.2, 0.25) is 0 Å². The Labute approximate surface area is 115 Å². The van der Waals surface area contributed by atoms with Gasteiger partial charge in [-0.25, -0.2) is 0 Å². The minimum atomic E-state index is -2.11. The van der Waals surface area contributed by atoms with E-state index in [1.54, 1.807) is 0 Å². The highest BCUT2D eigenvalue weighted by Crippen LogP contribution is 2.34. The molecule has 0 aromatic carbocycles. The fraction of sp³-hybridized carbons (Fsp3) is 1.00. The van der Waals surface area contributed by atoms with Gasteiger partial charge in [0, 0.05) is 0 Å². The fourth-order valence-corrected chi connectivity index (χ4v) is 1.97. The monoisotopic (exact) mass is 298 g/mol. The molecule has 7 N–H and O–H groups in total. The van der Waals surface area contributed by atoms with Gasteiger partial charge in [-0.3, -0.25) is 0 Å². The maximum absolute atomic E-state index is 9.90. The van der Waals surface area contributed by atoms with Gasteiger partial charge in [-0.1, -0.05) is 0 Å². The number of rotatable bonds is 7. The number of aliphatic hydroxyl groups is 7. The fourth-order valence-electron chi connectivity index (χ4n) is 1.97. The van der Waals surface area contributed by atoms with Gasteiger partial charge in [-0.05, 0) is 6.92 Å². The van der Waals surface area contributed by atoms with E-state index in [1.165, 1.54) is 6.92 Å². The first kappa shape index (κ1) is 17.7. The number of hydrogen-bond donors (Lipinski definition) is 7. The molecule has 1 rings (SSSR count). The van der Waals surface area contributed by atoms with E-state index in [1.807, 2.05) is 0 Å². The lowest BCUT2D eigenvalue weighted by Gasteiger charge is -2.38. The first-order valence-electron chi connectivity index (χ1n) is 6.15. The molecule has 0 radical (unpaired) electrons. The Morgan fingerprint density at radius 3 is 2.20 bits per heavy atom. The molecule has 9 nitrogen and oxygen atoms in total. The molecule has 0 aromatic rings. The summed E-state index contributed by atoms with van der Waals surface area (Å²) in [6.07, 6.45) is -5.78. The summed E-state index contributed by atoms with van der Waals surface area (Å²) in [7, 11) is 0. The van der Waals surface area contributed by atoms with Gasteiger partial charge in [-0.15, -0.1) is 0 Å². The molecule has 1 aliphatic heterocycles. The minimum Gasteiger partial charge on any atom is -0.394 e. The van der Waals surface area contributed by atoms with Crippen molar-refractivity contribution in [1.29, 1.82) is 0 Å². The van der Waals surface area contributed by atoms with Gasteiger partial charge in [0.2, 0.25) is 5.79 Å². The number of aliphatic hydroxyl groups excluding tert-OH is 6. The lowest BCUT2D eigenvalue weighted by molar-refractivity contribution is -0.319. The largest absolute Gasteiger partial charge is 0.394 e. The molecule has 0 spiro atoms. The molecule has 0 aliphatic carbocycles. The summed E-state index contributed by atoms with van der Waals surface area (Å²) in [4.78, 5) is 0. The van der Waals surface area contributed by atoms with E-state index in [4.69, 9.17) is 19.7 Å². The second kappa shape index (κ2) is 6.60. The highest BCUT2D eigenvalue weighted by molar-refractivity contribution is 4.98. The van der Waals surface area contributed by atoms with Crippen molar-refractivity contribution >= 4 is 0 Å². The van der Waals surface area contributed by atoms with E-state index in [9.17, 15) is 25.5 Å². The SMILES string of the molecule is C[C@](O)(CO)[C@@H](CO)O[C@]1(CO)O[C@H](CO)[C@@H](O)[C@H]1O. The minimum absolute atomic E-state index is 0.622. The molecule has 0 bridgehead atoms. The first-order valence-corrected chi connectivity index (χ1v) is 6.15.